The molecular weight excluding hydrogens is 857 g/mol. The van der Waals surface area contributed by atoms with Gasteiger partial charge in [-0.3, -0.25) is 19.6 Å². The number of carboxylic acid groups (broad SMARTS) is 1. The van der Waals surface area contributed by atoms with Crippen LogP contribution < -0.4 is 18.9 Å². The number of carbonyl (C=O) groups is 2. The van der Waals surface area contributed by atoms with Crippen LogP contribution in [-0.2, 0) is 14.3 Å². The number of benzene rings is 2. The molecule has 8 aliphatic heterocycles. The number of aliphatic hydroxyl groups is 1. The van der Waals surface area contributed by atoms with Crippen molar-refractivity contribution in [3.8, 4) is 34.5 Å². The van der Waals surface area contributed by atoms with E-state index in [4.69, 9.17) is 28.8 Å². The van der Waals surface area contributed by atoms with Gasteiger partial charge in [-0.25, -0.2) is 9.59 Å². The summed E-state index contributed by atoms with van der Waals surface area (Å²) < 4.78 is 26.1. The fourth-order valence-electron chi connectivity index (χ4n) is 13.0. The highest BCUT2D eigenvalue weighted by Gasteiger charge is 2.48. The highest BCUT2D eigenvalue weighted by Crippen LogP contribution is 2.44. The minimum atomic E-state index is -1.05. The number of aliphatic hydroxyl groups excluding tert-OH is 1. The van der Waals surface area contributed by atoms with Gasteiger partial charge in [-0.05, 0) is 144 Å². The molecule has 0 aromatic heterocycles. The van der Waals surface area contributed by atoms with Crippen molar-refractivity contribution in [3.05, 3.63) is 47.5 Å². The summed E-state index contributed by atoms with van der Waals surface area (Å²) in [5.74, 6) is -0.495. The van der Waals surface area contributed by atoms with E-state index >= 15 is 0 Å². The first-order valence-corrected chi connectivity index (χ1v) is 24.9. The average molecular weight is 931 g/mol. The number of esters is 1. The molecule has 4 N–H and O–H groups in total. The number of aliphatic carboxylic acids is 1. The fourth-order valence-corrected chi connectivity index (χ4v) is 13.0. The van der Waals surface area contributed by atoms with Gasteiger partial charge in [0.05, 0.1) is 34.5 Å². The second-order valence-electron chi connectivity index (χ2n) is 19.9. The maximum atomic E-state index is 12.6. The van der Waals surface area contributed by atoms with Crippen molar-refractivity contribution in [1.29, 1.82) is 0 Å². The van der Waals surface area contributed by atoms with Crippen LogP contribution in [-0.4, -0.2) is 167 Å². The average Bonchev–Trinajstić information content (AvgIpc) is 3.33. The molecule has 0 radical (unpaired) electrons. The van der Waals surface area contributed by atoms with Crippen LogP contribution in [0.2, 0.25) is 0 Å². The Balaban J connectivity index is 0.000000151. The van der Waals surface area contributed by atoms with E-state index < -0.39 is 5.97 Å². The van der Waals surface area contributed by atoms with E-state index in [1.807, 2.05) is 0 Å². The molecule has 10 atom stereocenters. The molecule has 15 heteroatoms. The fraction of sp³-hybridized carbons (Fsp3) is 0.654. The van der Waals surface area contributed by atoms with E-state index in [-0.39, 0.29) is 41.2 Å². The van der Waals surface area contributed by atoms with Crippen molar-refractivity contribution < 1.29 is 53.7 Å². The number of rotatable bonds is 9. The number of phenols is 2. The molecule has 8 fully saturated rings. The van der Waals surface area contributed by atoms with E-state index in [0.29, 0.717) is 46.8 Å². The summed E-state index contributed by atoms with van der Waals surface area (Å²) in [4.78, 5) is 34.0. The summed E-state index contributed by atoms with van der Waals surface area (Å²) >= 11 is 0. The lowest BCUT2D eigenvalue weighted by Crippen LogP contribution is -2.65. The molecule has 67 heavy (non-hydrogen) atoms. The number of carboxylic acids is 1. The van der Waals surface area contributed by atoms with Gasteiger partial charge in [-0.1, -0.05) is 12.8 Å². The first kappa shape index (κ1) is 48.9. The summed E-state index contributed by atoms with van der Waals surface area (Å²) in [5, 5.41) is 38.0. The van der Waals surface area contributed by atoms with E-state index in [1.165, 1.54) is 143 Å². The third kappa shape index (κ3) is 11.5. The molecule has 8 heterocycles. The molecule has 15 nitrogen and oxygen atoms in total. The van der Waals surface area contributed by atoms with Gasteiger partial charge >= 0.3 is 11.9 Å². The number of piperidine rings is 8. The molecule has 2 unspecified atom stereocenters. The molecule has 368 valence electrons. The Morgan fingerprint density at radius 3 is 1.34 bits per heavy atom. The van der Waals surface area contributed by atoms with Crippen molar-refractivity contribution in [2.75, 3.05) is 54.6 Å². The topological polar surface area (TPSA) is 174 Å². The Morgan fingerprint density at radius 1 is 0.507 bits per heavy atom. The van der Waals surface area contributed by atoms with Crippen LogP contribution in [0.1, 0.15) is 114 Å². The van der Waals surface area contributed by atoms with E-state index in [9.17, 15) is 24.9 Å². The van der Waals surface area contributed by atoms with Crippen molar-refractivity contribution in [2.45, 2.75) is 163 Å². The largest absolute Gasteiger partial charge is 0.502 e. The second-order valence-corrected chi connectivity index (χ2v) is 19.9. The predicted molar refractivity (Wildman–Crippen MR) is 255 cm³/mol. The normalized spacial score (nSPS) is 31.6. The zero-order valence-electron chi connectivity index (χ0n) is 40.0. The SMILES string of the molecule is COc1cc(/C=C/C(=O)O)cc(OC)c1O.COc1cc(/C=C\C(=O)OC2CCN3[C@@H]4C[C@@H](C[C@@H]3C2)N2CCCC[C@@H]2C4)cc(OC)c1O.OC1CCN2[C@@H]3C[C@@H](C[C@@H]2C1)N1CCCC[C@@H]1C3. The Morgan fingerprint density at radius 2 is 0.896 bits per heavy atom. The van der Waals surface area contributed by atoms with Crippen LogP contribution in [0.4, 0.5) is 0 Å². The second kappa shape index (κ2) is 22.3. The lowest BCUT2D eigenvalue weighted by molar-refractivity contribution is -0.150. The van der Waals surface area contributed by atoms with Gasteiger partial charge < -0.3 is 44.1 Å². The number of fused-ring (bicyclic) bond motifs is 12. The third-order valence-electron chi connectivity index (χ3n) is 16.1. The van der Waals surface area contributed by atoms with Crippen molar-refractivity contribution in [3.63, 3.8) is 0 Å². The van der Waals surface area contributed by atoms with Crippen LogP contribution >= 0.6 is 0 Å². The predicted octanol–water partition coefficient (Wildman–Crippen LogP) is 6.70. The smallest absolute Gasteiger partial charge is 0.331 e. The maximum absolute atomic E-state index is 12.6. The highest BCUT2D eigenvalue weighted by molar-refractivity contribution is 5.87. The van der Waals surface area contributed by atoms with Crippen molar-refractivity contribution >= 4 is 24.1 Å². The van der Waals surface area contributed by atoms with Crippen LogP contribution in [0.5, 0.6) is 34.5 Å². The first-order valence-electron chi connectivity index (χ1n) is 24.9. The first-order chi connectivity index (χ1) is 32.4. The Bertz CT molecular complexity index is 2030. The third-order valence-corrected chi connectivity index (χ3v) is 16.1. The number of hydrogen-bond acceptors (Lipinski definition) is 14. The van der Waals surface area contributed by atoms with Gasteiger partial charge in [0.25, 0.3) is 0 Å². The van der Waals surface area contributed by atoms with Crippen LogP contribution in [0, 0.1) is 0 Å². The summed E-state index contributed by atoms with van der Waals surface area (Å²) in [5.41, 5.74) is 1.26. The van der Waals surface area contributed by atoms with Gasteiger partial charge in [0.15, 0.2) is 23.0 Å². The monoisotopic (exact) mass is 931 g/mol. The summed E-state index contributed by atoms with van der Waals surface area (Å²) in [6, 6.07) is 12.3. The summed E-state index contributed by atoms with van der Waals surface area (Å²) in [6.45, 7) is 4.79. The van der Waals surface area contributed by atoms with Gasteiger partial charge in [-0.2, -0.15) is 0 Å². The van der Waals surface area contributed by atoms with E-state index in [2.05, 4.69) is 19.6 Å². The van der Waals surface area contributed by atoms with Crippen molar-refractivity contribution in [2.24, 2.45) is 0 Å². The van der Waals surface area contributed by atoms with E-state index in [1.54, 1.807) is 18.2 Å². The number of carbonyl (C=O) groups excluding carboxylic acids is 1. The minimum Gasteiger partial charge on any atom is -0.502 e. The molecule has 4 bridgehead atoms. The Kier molecular flexibility index (Phi) is 16.2. The maximum Gasteiger partial charge on any atom is 0.331 e. The number of phenolic OH excluding ortho intramolecular Hbond substituents is 2. The number of hydrogen-bond donors (Lipinski definition) is 4. The minimum absolute atomic E-state index is 0.0248. The zero-order valence-corrected chi connectivity index (χ0v) is 40.0. The van der Waals surface area contributed by atoms with Gasteiger partial charge in [-0.15, -0.1) is 0 Å². The van der Waals surface area contributed by atoms with Gasteiger partial charge in [0.2, 0.25) is 11.5 Å². The van der Waals surface area contributed by atoms with Crippen molar-refractivity contribution in [1.82, 2.24) is 19.6 Å². The molecule has 10 rings (SSSR count). The molecule has 0 spiro atoms. The lowest BCUT2D eigenvalue weighted by atomic mass is 9.76. The number of methoxy groups -OCH3 is 4. The quantitative estimate of drug-likeness (QED) is 0.155. The van der Waals surface area contributed by atoms with E-state index in [0.717, 1.165) is 69.0 Å². The standard InChI is InChI=1S/C26H36N2O5.C15H26N2O.C11H12O5/c1-31-23-11-17(12-24(32-2)26(23)30)6-7-25(29)33-22-8-10-28-19-13-18-5-3-4-9-27(18)20(14-19)15-21(28)16-22;18-15-4-6-17-12-7-11-3-1-2-5-16(11)13(8-12)9-14(17)10-15;1-15-8-5-7(3-4-10(12)13)6-9(16-2)11(8)14/h6-7,11-12,18-22,30H,3-5,8-10,13-16H2,1-2H3;11-15,18H,1-10H2;3-6,14H,1-2H3,(H,12,13)/b7-6-;;4-3+/t18-,19+,20+,21-,22?;11-,12+,13+,14-,15?;/m11./s1. The molecule has 2 aromatic carbocycles. The molecule has 8 aliphatic rings. The van der Waals surface area contributed by atoms with Crippen LogP contribution in [0.3, 0.4) is 0 Å². The lowest BCUT2D eigenvalue weighted by Gasteiger charge is -2.58. The van der Waals surface area contributed by atoms with Crippen LogP contribution in [0.15, 0.2) is 36.4 Å². The molecule has 8 saturated heterocycles. The molecule has 0 saturated carbocycles. The summed E-state index contributed by atoms with van der Waals surface area (Å²) in [7, 11) is 5.76. The van der Waals surface area contributed by atoms with Gasteiger partial charge in [0, 0.05) is 80.0 Å². The summed E-state index contributed by atoms with van der Waals surface area (Å²) in [6.07, 6.45) is 25.7. The highest BCUT2D eigenvalue weighted by atomic mass is 16.5. The Hall–Kier alpha value is -4.54. The molecule has 0 amide bonds. The van der Waals surface area contributed by atoms with Gasteiger partial charge in [0.1, 0.15) is 6.10 Å². The number of aromatic hydroxyl groups is 2. The molecule has 0 aliphatic carbocycles. The molecular formula is C52H74N4O11. The molecule has 2 aromatic rings. The number of nitrogens with zero attached hydrogens (tertiary/aromatic N) is 4. The number of ether oxygens (including phenoxy) is 5. The Labute approximate surface area is 396 Å². The zero-order chi connectivity index (χ0) is 47.2. The van der Waals surface area contributed by atoms with Crippen LogP contribution in [0.25, 0.3) is 12.2 Å².